The molecule has 0 spiro atoms. The predicted molar refractivity (Wildman–Crippen MR) is 106 cm³/mol. The molecule has 4 nitrogen and oxygen atoms in total. The highest BCUT2D eigenvalue weighted by Crippen LogP contribution is 2.22. The predicted octanol–water partition coefficient (Wildman–Crippen LogP) is 4.67. The highest BCUT2D eigenvalue weighted by atomic mass is 16.1. The quantitative estimate of drug-likeness (QED) is 0.727. The maximum absolute atomic E-state index is 12.4. The van der Waals surface area contributed by atoms with Crippen molar-refractivity contribution in [1.29, 1.82) is 0 Å². The fourth-order valence-electron chi connectivity index (χ4n) is 3.04. The summed E-state index contributed by atoms with van der Waals surface area (Å²) in [4.78, 5) is 16.9. The summed E-state index contributed by atoms with van der Waals surface area (Å²) in [5.41, 5.74) is 5.16. The summed E-state index contributed by atoms with van der Waals surface area (Å²) in [5, 5.41) is 3.00. The summed E-state index contributed by atoms with van der Waals surface area (Å²) < 4.78 is 2.16. The molecule has 3 aromatic rings. The number of fused-ring (bicyclic) bond motifs is 1. The van der Waals surface area contributed by atoms with Crippen LogP contribution in [-0.2, 0) is 18.5 Å². The molecular formula is C22H27N3O. The maximum Gasteiger partial charge on any atom is 0.251 e. The molecule has 4 heteroatoms. The molecule has 0 bridgehead atoms. The van der Waals surface area contributed by atoms with Gasteiger partial charge in [-0.25, -0.2) is 4.98 Å². The Labute approximate surface area is 155 Å². The van der Waals surface area contributed by atoms with Crippen LogP contribution >= 0.6 is 0 Å². The first-order chi connectivity index (χ1) is 12.4. The zero-order valence-corrected chi connectivity index (χ0v) is 16.0. The van der Waals surface area contributed by atoms with E-state index in [0.29, 0.717) is 12.1 Å². The van der Waals surface area contributed by atoms with Crippen molar-refractivity contribution >= 4 is 16.9 Å². The van der Waals surface area contributed by atoms with E-state index in [2.05, 4.69) is 54.7 Å². The zero-order valence-electron chi connectivity index (χ0n) is 16.0. The van der Waals surface area contributed by atoms with Gasteiger partial charge in [-0.05, 0) is 47.2 Å². The first kappa shape index (κ1) is 18.2. The third kappa shape index (κ3) is 3.96. The van der Waals surface area contributed by atoms with E-state index < -0.39 is 0 Å². The molecule has 0 aliphatic heterocycles. The van der Waals surface area contributed by atoms with Crippen LogP contribution in [0.2, 0.25) is 0 Å². The Morgan fingerprint density at radius 1 is 1.12 bits per heavy atom. The molecule has 0 aliphatic carbocycles. The second-order valence-corrected chi connectivity index (χ2v) is 7.77. The Morgan fingerprint density at radius 3 is 2.50 bits per heavy atom. The van der Waals surface area contributed by atoms with E-state index in [-0.39, 0.29) is 11.3 Å². The molecule has 0 saturated heterocycles. The lowest BCUT2D eigenvalue weighted by atomic mass is 9.87. The van der Waals surface area contributed by atoms with Crippen LogP contribution in [0.5, 0.6) is 0 Å². The van der Waals surface area contributed by atoms with Gasteiger partial charge in [-0.1, -0.05) is 45.9 Å². The van der Waals surface area contributed by atoms with Crippen molar-refractivity contribution in [3.63, 3.8) is 0 Å². The Hall–Kier alpha value is -2.62. The highest BCUT2D eigenvalue weighted by Gasteiger charge is 2.14. The first-order valence-electron chi connectivity index (χ1n) is 9.21. The molecule has 1 heterocycles. The zero-order chi connectivity index (χ0) is 18.7. The average Bonchev–Trinajstić information content (AvgIpc) is 3.02. The van der Waals surface area contributed by atoms with E-state index in [4.69, 9.17) is 0 Å². The van der Waals surface area contributed by atoms with Crippen molar-refractivity contribution in [2.45, 2.75) is 52.6 Å². The van der Waals surface area contributed by atoms with E-state index in [9.17, 15) is 4.79 Å². The largest absolute Gasteiger partial charge is 0.348 e. The van der Waals surface area contributed by atoms with Crippen LogP contribution in [0, 0.1) is 0 Å². The van der Waals surface area contributed by atoms with Gasteiger partial charge in [0.2, 0.25) is 0 Å². The van der Waals surface area contributed by atoms with Crippen LogP contribution in [0.25, 0.3) is 11.0 Å². The van der Waals surface area contributed by atoms with Gasteiger partial charge in [0.1, 0.15) is 0 Å². The third-order valence-electron chi connectivity index (χ3n) is 4.62. The normalized spacial score (nSPS) is 11.7. The number of carbonyl (C=O) groups excluding carboxylic acids is 1. The number of amides is 1. The standard InChI is InChI=1S/C22H27N3O/c1-5-12-25-15-24-19-13-16(6-11-20(19)25)14-23-21(26)17-7-9-18(10-8-17)22(2,3)4/h6-11,13,15H,5,12,14H2,1-4H3,(H,23,26). The minimum absolute atomic E-state index is 0.0536. The Kier molecular flexibility index (Phi) is 5.12. The summed E-state index contributed by atoms with van der Waals surface area (Å²) in [5.74, 6) is -0.0536. The molecule has 0 atom stereocenters. The number of aryl methyl sites for hydroxylation is 1. The highest BCUT2D eigenvalue weighted by molar-refractivity contribution is 5.94. The monoisotopic (exact) mass is 349 g/mol. The summed E-state index contributed by atoms with van der Waals surface area (Å²) >= 11 is 0. The topological polar surface area (TPSA) is 46.9 Å². The van der Waals surface area contributed by atoms with Gasteiger partial charge in [0.15, 0.2) is 0 Å². The van der Waals surface area contributed by atoms with Gasteiger partial charge in [-0.3, -0.25) is 4.79 Å². The maximum atomic E-state index is 12.4. The first-order valence-corrected chi connectivity index (χ1v) is 9.21. The number of nitrogens with one attached hydrogen (secondary N) is 1. The van der Waals surface area contributed by atoms with Gasteiger partial charge in [0, 0.05) is 18.7 Å². The third-order valence-corrected chi connectivity index (χ3v) is 4.62. The van der Waals surface area contributed by atoms with Crippen molar-refractivity contribution in [2.24, 2.45) is 0 Å². The number of benzene rings is 2. The van der Waals surface area contributed by atoms with Gasteiger partial charge in [0.25, 0.3) is 5.91 Å². The van der Waals surface area contributed by atoms with Crippen LogP contribution in [0.1, 0.15) is 55.6 Å². The molecule has 0 fully saturated rings. The van der Waals surface area contributed by atoms with Crippen molar-refractivity contribution in [1.82, 2.24) is 14.9 Å². The number of carbonyl (C=O) groups is 1. The molecule has 0 unspecified atom stereocenters. The van der Waals surface area contributed by atoms with E-state index in [1.807, 2.05) is 36.7 Å². The van der Waals surface area contributed by atoms with Gasteiger partial charge in [-0.2, -0.15) is 0 Å². The number of hydrogen-bond donors (Lipinski definition) is 1. The number of aromatic nitrogens is 2. The van der Waals surface area contributed by atoms with Gasteiger partial charge in [-0.15, -0.1) is 0 Å². The van der Waals surface area contributed by atoms with Crippen LogP contribution < -0.4 is 5.32 Å². The number of nitrogens with zero attached hydrogens (tertiary/aromatic N) is 2. The van der Waals surface area contributed by atoms with Crippen LogP contribution in [0.3, 0.4) is 0 Å². The summed E-state index contributed by atoms with van der Waals surface area (Å²) in [7, 11) is 0. The number of imidazole rings is 1. The number of rotatable bonds is 5. The van der Waals surface area contributed by atoms with E-state index >= 15 is 0 Å². The summed E-state index contributed by atoms with van der Waals surface area (Å²) in [6.07, 6.45) is 2.96. The molecule has 136 valence electrons. The van der Waals surface area contributed by atoms with Crippen molar-refractivity contribution < 1.29 is 4.79 Å². The fourth-order valence-corrected chi connectivity index (χ4v) is 3.04. The minimum atomic E-state index is -0.0536. The second-order valence-electron chi connectivity index (χ2n) is 7.77. The molecule has 3 rings (SSSR count). The molecule has 0 aliphatic rings. The Morgan fingerprint density at radius 2 is 1.85 bits per heavy atom. The van der Waals surface area contributed by atoms with Gasteiger partial charge < -0.3 is 9.88 Å². The molecular weight excluding hydrogens is 322 g/mol. The van der Waals surface area contributed by atoms with Gasteiger partial charge >= 0.3 is 0 Å². The van der Waals surface area contributed by atoms with Gasteiger partial charge in [0.05, 0.1) is 17.4 Å². The molecule has 1 amide bonds. The van der Waals surface area contributed by atoms with Crippen molar-refractivity contribution in [3.8, 4) is 0 Å². The van der Waals surface area contributed by atoms with E-state index in [0.717, 1.165) is 29.6 Å². The Bertz CT molecular complexity index is 901. The summed E-state index contributed by atoms with van der Waals surface area (Å²) in [6, 6.07) is 14.0. The molecule has 2 aromatic carbocycles. The summed E-state index contributed by atoms with van der Waals surface area (Å²) in [6.45, 7) is 10.1. The molecule has 0 radical (unpaired) electrons. The molecule has 1 aromatic heterocycles. The van der Waals surface area contributed by atoms with Crippen molar-refractivity contribution in [2.75, 3.05) is 0 Å². The van der Waals surface area contributed by atoms with Crippen molar-refractivity contribution in [3.05, 3.63) is 65.5 Å². The lowest BCUT2D eigenvalue weighted by molar-refractivity contribution is 0.0951. The van der Waals surface area contributed by atoms with E-state index in [1.165, 1.54) is 5.56 Å². The smallest absolute Gasteiger partial charge is 0.251 e. The second kappa shape index (κ2) is 7.32. The molecule has 0 saturated carbocycles. The number of hydrogen-bond acceptors (Lipinski definition) is 2. The van der Waals surface area contributed by atoms with Crippen LogP contribution in [-0.4, -0.2) is 15.5 Å². The van der Waals surface area contributed by atoms with Crippen LogP contribution in [0.15, 0.2) is 48.8 Å². The fraction of sp³-hybridized carbons (Fsp3) is 0.364. The van der Waals surface area contributed by atoms with Crippen LogP contribution in [0.4, 0.5) is 0 Å². The lowest BCUT2D eigenvalue weighted by Gasteiger charge is -2.19. The Balaban J connectivity index is 1.66. The SMILES string of the molecule is CCCn1cnc2cc(CNC(=O)c3ccc(C(C)(C)C)cc3)ccc21. The van der Waals surface area contributed by atoms with E-state index in [1.54, 1.807) is 0 Å². The average molecular weight is 349 g/mol. The minimum Gasteiger partial charge on any atom is -0.348 e. The molecule has 26 heavy (non-hydrogen) atoms. The lowest BCUT2D eigenvalue weighted by Crippen LogP contribution is -2.23. The molecule has 1 N–H and O–H groups in total.